The summed E-state index contributed by atoms with van der Waals surface area (Å²) in [6.45, 7) is 4.40. The van der Waals surface area contributed by atoms with Crippen LogP contribution in [0.3, 0.4) is 0 Å². The van der Waals surface area contributed by atoms with Gasteiger partial charge in [-0.25, -0.2) is 4.79 Å². The van der Waals surface area contributed by atoms with E-state index in [0.717, 1.165) is 32.1 Å². The molecule has 1 amide bonds. The van der Waals surface area contributed by atoms with Gasteiger partial charge in [0.05, 0.1) is 7.11 Å². The van der Waals surface area contributed by atoms with Gasteiger partial charge in [-0.15, -0.1) is 0 Å². The Balaban J connectivity index is 1.56. The van der Waals surface area contributed by atoms with Crippen molar-refractivity contribution in [3.05, 3.63) is 0 Å². The lowest BCUT2D eigenvalue weighted by atomic mass is 10.1. The highest BCUT2D eigenvalue weighted by Gasteiger charge is 2.24. The van der Waals surface area contributed by atoms with Crippen molar-refractivity contribution in [2.24, 2.45) is 0 Å². The summed E-state index contributed by atoms with van der Waals surface area (Å²) in [5, 5.41) is 6.41. The highest BCUT2D eigenvalue weighted by Crippen LogP contribution is 2.14. The third-order valence-electron chi connectivity index (χ3n) is 3.97. The van der Waals surface area contributed by atoms with E-state index in [1.165, 1.54) is 39.3 Å². The van der Waals surface area contributed by atoms with E-state index in [1.54, 1.807) is 0 Å². The average molecular weight is 255 g/mol. The highest BCUT2D eigenvalue weighted by atomic mass is 16.5. The number of rotatable bonds is 5. The third-order valence-corrected chi connectivity index (χ3v) is 3.97. The van der Waals surface area contributed by atoms with Gasteiger partial charge in [-0.05, 0) is 45.2 Å². The van der Waals surface area contributed by atoms with Crippen LogP contribution >= 0.6 is 0 Å². The fourth-order valence-corrected chi connectivity index (χ4v) is 2.94. The van der Waals surface area contributed by atoms with Crippen molar-refractivity contribution in [1.82, 2.24) is 15.5 Å². The van der Waals surface area contributed by atoms with E-state index >= 15 is 0 Å². The predicted octanol–water partition coefficient (Wildman–Crippen LogP) is 0.949. The Morgan fingerprint density at radius 3 is 3.11 bits per heavy atom. The minimum absolute atomic E-state index is 0.266. The molecule has 2 aliphatic rings. The van der Waals surface area contributed by atoms with Gasteiger partial charge in [0.25, 0.3) is 0 Å². The summed E-state index contributed by atoms with van der Waals surface area (Å²) < 4.78 is 4.62. The molecule has 0 spiro atoms. The summed E-state index contributed by atoms with van der Waals surface area (Å²) in [6.07, 6.45) is 5.94. The molecule has 0 saturated carbocycles. The molecule has 5 nitrogen and oxygen atoms in total. The van der Waals surface area contributed by atoms with E-state index in [0.29, 0.717) is 0 Å². The van der Waals surface area contributed by atoms with Gasteiger partial charge in [-0.2, -0.15) is 0 Å². The van der Waals surface area contributed by atoms with E-state index < -0.39 is 0 Å². The SMILES string of the molecule is COC(=O)NC1CCN(CCCC2CCCN2)C1. The summed E-state index contributed by atoms with van der Waals surface area (Å²) in [6, 6.07) is 1.01. The second-order valence-corrected chi connectivity index (χ2v) is 5.36. The Morgan fingerprint density at radius 1 is 1.50 bits per heavy atom. The lowest BCUT2D eigenvalue weighted by molar-refractivity contribution is 0.166. The maximum absolute atomic E-state index is 11.1. The van der Waals surface area contributed by atoms with Crippen LogP contribution in [0, 0.1) is 0 Å². The van der Waals surface area contributed by atoms with Crippen LogP contribution in [0.25, 0.3) is 0 Å². The monoisotopic (exact) mass is 255 g/mol. The largest absolute Gasteiger partial charge is 0.453 e. The summed E-state index contributed by atoms with van der Waals surface area (Å²) >= 11 is 0. The normalized spacial score (nSPS) is 28.5. The van der Waals surface area contributed by atoms with Gasteiger partial charge in [0, 0.05) is 25.2 Å². The highest BCUT2D eigenvalue weighted by molar-refractivity contribution is 5.67. The third kappa shape index (κ3) is 4.14. The zero-order valence-electron chi connectivity index (χ0n) is 11.3. The molecule has 104 valence electrons. The Labute approximate surface area is 109 Å². The lowest BCUT2D eigenvalue weighted by Gasteiger charge is -2.17. The number of carbonyl (C=O) groups excluding carboxylic acids is 1. The fourth-order valence-electron chi connectivity index (χ4n) is 2.94. The van der Waals surface area contributed by atoms with Crippen LogP contribution in [0.4, 0.5) is 4.79 Å². The minimum atomic E-state index is -0.308. The number of methoxy groups -OCH3 is 1. The number of hydrogen-bond acceptors (Lipinski definition) is 4. The second kappa shape index (κ2) is 6.95. The van der Waals surface area contributed by atoms with Crippen LogP contribution in [0.1, 0.15) is 32.1 Å². The van der Waals surface area contributed by atoms with E-state index in [9.17, 15) is 4.79 Å². The number of hydrogen-bond donors (Lipinski definition) is 2. The molecule has 2 saturated heterocycles. The molecule has 2 fully saturated rings. The number of amides is 1. The van der Waals surface area contributed by atoms with Crippen molar-refractivity contribution in [2.45, 2.75) is 44.2 Å². The van der Waals surface area contributed by atoms with Crippen LogP contribution in [0.2, 0.25) is 0 Å². The smallest absolute Gasteiger partial charge is 0.407 e. The van der Waals surface area contributed by atoms with Crippen molar-refractivity contribution in [2.75, 3.05) is 33.3 Å². The Morgan fingerprint density at radius 2 is 2.39 bits per heavy atom. The molecule has 2 atom stereocenters. The topological polar surface area (TPSA) is 53.6 Å². The molecule has 18 heavy (non-hydrogen) atoms. The number of nitrogens with one attached hydrogen (secondary N) is 2. The van der Waals surface area contributed by atoms with Crippen molar-refractivity contribution >= 4 is 6.09 Å². The van der Waals surface area contributed by atoms with Gasteiger partial charge >= 0.3 is 6.09 Å². The number of carbonyl (C=O) groups is 1. The van der Waals surface area contributed by atoms with Gasteiger partial charge in [-0.3, -0.25) is 0 Å². The molecule has 2 unspecified atom stereocenters. The van der Waals surface area contributed by atoms with Crippen LogP contribution in [0.15, 0.2) is 0 Å². The summed E-state index contributed by atoms with van der Waals surface area (Å²) in [5.74, 6) is 0. The van der Waals surface area contributed by atoms with Crippen LogP contribution < -0.4 is 10.6 Å². The number of nitrogens with zero attached hydrogens (tertiary/aromatic N) is 1. The first-order valence-corrected chi connectivity index (χ1v) is 7.08. The molecular weight excluding hydrogens is 230 g/mol. The van der Waals surface area contributed by atoms with Gasteiger partial charge in [0.1, 0.15) is 0 Å². The van der Waals surface area contributed by atoms with Crippen LogP contribution in [-0.4, -0.2) is 56.4 Å². The zero-order valence-corrected chi connectivity index (χ0v) is 11.3. The quantitative estimate of drug-likeness (QED) is 0.768. The zero-order chi connectivity index (χ0) is 12.8. The van der Waals surface area contributed by atoms with Crippen molar-refractivity contribution in [3.8, 4) is 0 Å². The Hall–Kier alpha value is -0.810. The van der Waals surface area contributed by atoms with Crippen molar-refractivity contribution in [3.63, 3.8) is 0 Å². The minimum Gasteiger partial charge on any atom is -0.453 e. The molecule has 2 rings (SSSR count). The molecule has 2 N–H and O–H groups in total. The average Bonchev–Trinajstić information content (AvgIpc) is 3.01. The fraction of sp³-hybridized carbons (Fsp3) is 0.923. The van der Waals surface area contributed by atoms with Crippen molar-refractivity contribution < 1.29 is 9.53 Å². The van der Waals surface area contributed by atoms with Gasteiger partial charge in [-0.1, -0.05) is 0 Å². The Kier molecular flexibility index (Phi) is 5.26. The van der Waals surface area contributed by atoms with Crippen molar-refractivity contribution in [1.29, 1.82) is 0 Å². The van der Waals surface area contributed by atoms with Gasteiger partial charge in [0.2, 0.25) is 0 Å². The molecule has 2 heterocycles. The summed E-state index contributed by atoms with van der Waals surface area (Å²) in [4.78, 5) is 13.5. The molecule has 0 aromatic carbocycles. The number of ether oxygens (including phenoxy) is 1. The standard InChI is InChI=1S/C13H25N3O2/c1-18-13(17)15-12-6-9-16(10-12)8-3-5-11-4-2-7-14-11/h11-12,14H,2-10H2,1H3,(H,15,17). The van der Waals surface area contributed by atoms with Crippen LogP contribution in [0.5, 0.6) is 0 Å². The van der Waals surface area contributed by atoms with E-state index in [-0.39, 0.29) is 12.1 Å². The second-order valence-electron chi connectivity index (χ2n) is 5.36. The maximum atomic E-state index is 11.1. The first-order chi connectivity index (χ1) is 8.78. The number of alkyl carbamates (subject to hydrolysis) is 1. The Bertz CT molecular complexity index is 267. The molecule has 0 aliphatic carbocycles. The maximum Gasteiger partial charge on any atom is 0.407 e. The molecule has 0 aromatic heterocycles. The van der Waals surface area contributed by atoms with E-state index in [2.05, 4.69) is 20.3 Å². The summed E-state index contributed by atoms with van der Waals surface area (Å²) in [5.41, 5.74) is 0. The molecule has 0 aromatic rings. The van der Waals surface area contributed by atoms with Gasteiger partial charge in [0.15, 0.2) is 0 Å². The molecular formula is C13H25N3O2. The molecule has 0 bridgehead atoms. The van der Waals surface area contributed by atoms with E-state index in [1.807, 2.05) is 0 Å². The van der Waals surface area contributed by atoms with Gasteiger partial charge < -0.3 is 20.3 Å². The first kappa shape index (κ1) is 13.6. The predicted molar refractivity (Wildman–Crippen MR) is 70.6 cm³/mol. The lowest BCUT2D eigenvalue weighted by Crippen LogP contribution is -2.37. The molecule has 2 aliphatic heterocycles. The first-order valence-electron chi connectivity index (χ1n) is 7.08. The number of likely N-dealkylation sites (tertiary alicyclic amines) is 1. The molecule has 0 radical (unpaired) electrons. The van der Waals surface area contributed by atoms with Crippen LogP contribution in [-0.2, 0) is 4.74 Å². The van der Waals surface area contributed by atoms with E-state index in [4.69, 9.17) is 0 Å². The summed E-state index contributed by atoms with van der Waals surface area (Å²) in [7, 11) is 1.41. The molecule has 5 heteroatoms.